The van der Waals surface area contributed by atoms with Gasteiger partial charge in [0.15, 0.2) is 5.13 Å². The first-order chi connectivity index (χ1) is 9.63. The van der Waals surface area contributed by atoms with E-state index in [1.54, 1.807) is 11.3 Å². The smallest absolute Gasteiger partial charge is 0.188 e. The molecule has 0 aliphatic heterocycles. The number of hydrogen-bond donors (Lipinski definition) is 1. The fraction of sp³-hybridized carbons (Fsp3) is 0.188. The minimum atomic E-state index is 0.930. The highest BCUT2D eigenvalue weighted by molar-refractivity contribution is 7.22. The number of anilines is 3. The Kier molecular flexibility index (Phi) is 3.32. The van der Waals surface area contributed by atoms with Crippen molar-refractivity contribution in [2.75, 3.05) is 24.3 Å². The topological polar surface area (TPSA) is 28.2 Å². The highest BCUT2D eigenvalue weighted by Gasteiger charge is 2.07. The summed E-state index contributed by atoms with van der Waals surface area (Å²) in [5.41, 5.74) is 4.53. The molecule has 1 aromatic heterocycles. The second kappa shape index (κ2) is 5.13. The highest BCUT2D eigenvalue weighted by atomic mass is 32.1. The third kappa shape index (κ3) is 2.47. The van der Waals surface area contributed by atoms with E-state index in [4.69, 9.17) is 0 Å². The normalized spacial score (nSPS) is 10.8. The molecular weight excluding hydrogens is 266 g/mol. The van der Waals surface area contributed by atoms with Gasteiger partial charge in [-0.3, -0.25) is 0 Å². The average Bonchev–Trinajstić information content (AvgIpc) is 2.80. The van der Waals surface area contributed by atoms with Crippen molar-refractivity contribution in [2.45, 2.75) is 6.92 Å². The van der Waals surface area contributed by atoms with Crippen molar-refractivity contribution < 1.29 is 0 Å². The van der Waals surface area contributed by atoms with Gasteiger partial charge in [-0.25, -0.2) is 4.98 Å². The van der Waals surface area contributed by atoms with Crippen molar-refractivity contribution in [3.05, 3.63) is 48.0 Å². The van der Waals surface area contributed by atoms with Gasteiger partial charge >= 0.3 is 0 Å². The van der Waals surface area contributed by atoms with Crippen LogP contribution in [0.2, 0.25) is 0 Å². The van der Waals surface area contributed by atoms with Gasteiger partial charge in [-0.2, -0.15) is 0 Å². The van der Waals surface area contributed by atoms with Gasteiger partial charge in [-0.1, -0.05) is 29.5 Å². The molecule has 3 aromatic rings. The zero-order chi connectivity index (χ0) is 14.1. The molecule has 3 rings (SSSR count). The third-order valence-electron chi connectivity index (χ3n) is 3.17. The lowest BCUT2D eigenvalue weighted by Gasteiger charge is -2.17. The summed E-state index contributed by atoms with van der Waals surface area (Å²) in [6.07, 6.45) is 0. The number of aromatic nitrogens is 1. The molecule has 0 spiro atoms. The Morgan fingerprint density at radius 2 is 1.90 bits per heavy atom. The number of hydrogen-bond acceptors (Lipinski definition) is 4. The number of fused-ring (bicyclic) bond motifs is 1. The number of nitrogens with zero attached hydrogens (tertiary/aromatic N) is 2. The number of benzene rings is 2. The lowest BCUT2D eigenvalue weighted by Crippen LogP contribution is -2.10. The van der Waals surface area contributed by atoms with Gasteiger partial charge in [0, 0.05) is 14.1 Å². The fourth-order valence-corrected chi connectivity index (χ4v) is 3.03. The summed E-state index contributed by atoms with van der Waals surface area (Å²) >= 11 is 1.68. The molecule has 0 aliphatic carbocycles. The maximum atomic E-state index is 4.66. The zero-order valence-electron chi connectivity index (χ0n) is 11.8. The molecule has 1 N–H and O–H groups in total. The minimum Gasteiger partial charge on any atom is -0.376 e. The number of para-hydroxylation sites is 2. The Hall–Kier alpha value is -2.07. The van der Waals surface area contributed by atoms with Crippen LogP contribution in [-0.4, -0.2) is 19.1 Å². The Labute approximate surface area is 122 Å². The van der Waals surface area contributed by atoms with Crippen LogP contribution in [0.5, 0.6) is 0 Å². The first-order valence-corrected chi connectivity index (χ1v) is 7.36. The molecule has 4 heteroatoms. The number of aryl methyl sites for hydroxylation is 1. The summed E-state index contributed by atoms with van der Waals surface area (Å²) in [5.74, 6) is 0. The Balaban J connectivity index is 1.97. The maximum Gasteiger partial charge on any atom is 0.188 e. The number of thiazole rings is 1. The van der Waals surface area contributed by atoms with Gasteiger partial charge in [-0.05, 0) is 36.8 Å². The highest BCUT2D eigenvalue weighted by Crippen LogP contribution is 2.32. The lowest BCUT2D eigenvalue weighted by molar-refractivity contribution is 1.13. The summed E-state index contributed by atoms with van der Waals surface area (Å²) in [5, 5.41) is 4.36. The van der Waals surface area contributed by atoms with E-state index in [2.05, 4.69) is 52.5 Å². The first-order valence-electron chi connectivity index (χ1n) is 6.54. The summed E-state index contributed by atoms with van der Waals surface area (Å²) < 4.78 is 1.21. The van der Waals surface area contributed by atoms with Crippen LogP contribution < -0.4 is 10.2 Å². The van der Waals surface area contributed by atoms with E-state index in [1.807, 2.05) is 26.2 Å². The number of rotatable bonds is 3. The quantitative estimate of drug-likeness (QED) is 0.771. The number of nitrogens with one attached hydrogen (secondary N) is 1. The molecule has 0 saturated carbocycles. The standard InChI is InChI=1S/C16H17N3S/c1-11-8-9-15-13(10-11)18-16(20-15)17-12-6-4-5-7-14(12)19(2)3/h4-10H,1-3H3,(H,17,18). The molecule has 0 amide bonds. The van der Waals surface area contributed by atoms with Crippen LogP contribution in [0.4, 0.5) is 16.5 Å². The van der Waals surface area contributed by atoms with Crippen LogP contribution in [0.15, 0.2) is 42.5 Å². The fourth-order valence-electron chi connectivity index (χ4n) is 2.18. The SMILES string of the molecule is Cc1ccc2sc(Nc3ccccc3N(C)C)nc2c1. The van der Waals surface area contributed by atoms with Crippen molar-refractivity contribution >= 4 is 38.1 Å². The molecule has 0 saturated heterocycles. The summed E-state index contributed by atoms with van der Waals surface area (Å²) in [7, 11) is 4.09. The Morgan fingerprint density at radius 1 is 1.10 bits per heavy atom. The molecule has 1 heterocycles. The molecule has 0 aliphatic rings. The van der Waals surface area contributed by atoms with Gasteiger partial charge < -0.3 is 10.2 Å². The van der Waals surface area contributed by atoms with Gasteiger partial charge in [0.2, 0.25) is 0 Å². The van der Waals surface area contributed by atoms with Crippen molar-refractivity contribution in [2.24, 2.45) is 0 Å². The molecule has 0 radical (unpaired) electrons. The molecule has 20 heavy (non-hydrogen) atoms. The maximum absolute atomic E-state index is 4.66. The van der Waals surface area contributed by atoms with E-state index in [9.17, 15) is 0 Å². The second-order valence-corrected chi connectivity index (χ2v) is 6.06. The van der Waals surface area contributed by atoms with Crippen LogP contribution in [-0.2, 0) is 0 Å². The minimum absolute atomic E-state index is 0.930. The lowest BCUT2D eigenvalue weighted by atomic mass is 10.2. The van der Waals surface area contributed by atoms with Gasteiger partial charge in [0.1, 0.15) is 0 Å². The van der Waals surface area contributed by atoms with E-state index in [-0.39, 0.29) is 0 Å². The van der Waals surface area contributed by atoms with Crippen LogP contribution in [0.1, 0.15) is 5.56 Å². The Morgan fingerprint density at radius 3 is 2.70 bits per heavy atom. The van der Waals surface area contributed by atoms with Gasteiger partial charge in [0.25, 0.3) is 0 Å². The van der Waals surface area contributed by atoms with E-state index in [0.717, 1.165) is 22.0 Å². The summed E-state index contributed by atoms with van der Waals surface area (Å²) in [6, 6.07) is 14.6. The zero-order valence-corrected chi connectivity index (χ0v) is 12.7. The predicted octanol–water partition coefficient (Wildman–Crippen LogP) is 4.41. The molecule has 0 bridgehead atoms. The first kappa shape index (κ1) is 12.9. The van der Waals surface area contributed by atoms with Crippen LogP contribution in [0.3, 0.4) is 0 Å². The second-order valence-electron chi connectivity index (χ2n) is 5.03. The van der Waals surface area contributed by atoms with Crippen LogP contribution >= 0.6 is 11.3 Å². The summed E-state index contributed by atoms with van der Waals surface area (Å²) in [6.45, 7) is 2.09. The molecule has 0 unspecified atom stereocenters. The van der Waals surface area contributed by atoms with Crippen LogP contribution in [0, 0.1) is 6.92 Å². The van der Waals surface area contributed by atoms with E-state index in [0.29, 0.717) is 0 Å². The van der Waals surface area contributed by atoms with Crippen molar-refractivity contribution in [3.63, 3.8) is 0 Å². The van der Waals surface area contributed by atoms with Crippen molar-refractivity contribution in [1.29, 1.82) is 0 Å². The molecule has 2 aromatic carbocycles. The molecule has 3 nitrogen and oxygen atoms in total. The van der Waals surface area contributed by atoms with E-state index >= 15 is 0 Å². The van der Waals surface area contributed by atoms with Crippen molar-refractivity contribution in [1.82, 2.24) is 4.98 Å². The van der Waals surface area contributed by atoms with Crippen LogP contribution in [0.25, 0.3) is 10.2 Å². The average molecular weight is 283 g/mol. The van der Waals surface area contributed by atoms with Gasteiger partial charge in [0.05, 0.1) is 21.6 Å². The predicted molar refractivity (Wildman–Crippen MR) is 88.4 cm³/mol. The van der Waals surface area contributed by atoms with Crippen molar-refractivity contribution in [3.8, 4) is 0 Å². The largest absolute Gasteiger partial charge is 0.376 e. The summed E-state index contributed by atoms with van der Waals surface area (Å²) in [4.78, 5) is 6.76. The van der Waals surface area contributed by atoms with Gasteiger partial charge in [-0.15, -0.1) is 0 Å². The van der Waals surface area contributed by atoms with E-state index in [1.165, 1.54) is 10.3 Å². The molecule has 0 atom stereocenters. The molecule has 0 fully saturated rings. The molecular formula is C16H17N3S. The Bertz CT molecular complexity index is 746. The van der Waals surface area contributed by atoms with E-state index < -0.39 is 0 Å². The monoisotopic (exact) mass is 283 g/mol. The third-order valence-corrected chi connectivity index (χ3v) is 4.12. The molecule has 102 valence electrons.